The van der Waals surface area contributed by atoms with E-state index in [0.29, 0.717) is 12.1 Å². The number of carbonyl (C=O) groups excluding carboxylic acids is 2. The molecular weight excluding hydrogens is 320 g/mol. The Balaban J connectivity index is 1.61. The predicted molar refractivity (Wildman–Crippen MR) is 91.2 cm³/mol. The Morgan fingerprint density at radius 1 is 1.24 bits per heavy atom. The van der Waals surface area contributed by atoms with Crippen LogP contribution in [0.25, 0.3) is 0 Å². The SMILES string of the molecule is CN1C[C@@H]2[C@@H](CCCN2C(=O)c2cn(C)nc2C2CCOCC2)C1=O. The molecule has 0 spiro atoms. The third-order valence-electron chi connectivity index (χ3n) is 5.89. The molecule has 0 N–H and O–H groups in total. The van der Waals surface area contributed by atoms with Crippen LogP contribution in [0.5, 0.6) is 0 Å². The van der Waals surface area contributed by atoms with E-state index in [4.69, 9.17) is 4.74 Å². The van der Waals surface area contributed by atoms with Gasteiger partial charge < -0.3 is 14.5 Å². The fourth-order valence-electron chi connectivity index (χ4n) is 4.57. The summed E-state index contributed by atoms with van der Waals surface area (Å²) in [6, 6.07) is 0.00138. The van der Waals surface area contributed by atoms with E-state index in [0.717, 1.165) is 51.1 Å². The number of ether oxygens (including phenoxy) is 1. The maximum atomic E-state index is 13.3. The Bertz CT molecular complexity index is 680. The second kappa shape index (κ2) is 6.44. The zero-order valence-corrected chi connectivity index (χ0v) is 15.0. The Morgan fingerprint density at radius 3 is 2.76 bits per heavy atom. The van der Waals surface area contributed by atoms with E-state index in [2.05, 4.69) is 5.10 Å². The Labute approximate surface area is 147 Å². The molecule has 0 unspecified atom stereocenters. The fraction of sp³-hybridized carbons (Fsp3) is 0.722. The summed E-state index contributed by atoms with van der Waals surface area (Å²) in [4.78, 5) is 29.4. The minimum absolute atomic E-state index is 0.00138. The number of piperidine rings is 1. The van der Waals surface area contributed by atoms with Crippen LogP contribution in [0.3, 0.4) is 0 Å². The van der Waals surface area contributed by atoms with Crippen molar-refractivity contribution in [2.75, 3.05) is 33.4 Å². The monoisotopic (exact) mass is 346 g/mol. The highest BCUT2D eigenvalue weighted by Crippen LogP contribution is 2.34. The quantitative estimate of drug-likeness (QED) is 0.801. The van der Waals surface area contributed by atoms with Crippen LogP contribution < -0.4 is 0 Å². The Hall–Kier alpha value is -1.89. The standard InChI is InChI=1S/C18H26N4O3/c1-20-11-15-13(17(20)23)4-3-7-22(15)18(24)14-10-21(2)19-16(14)12-5-8-25-9-6-12/h10,12-13,15H,3-9,11H2,1-2H3/t13-,15-/m1/s1. The highest BCUT2D eigenvalue weighted by Gasteiger charge is 2.46. The van der Waals surface area contributed by atoms with Crippen LogP contribution in [0.15, 0.2) is 6.20 Å². The van der Waals surface area contributed by atoms with Crippen molar-refractivity contribution in [3.63, 3.8) is 0 Å². The number of nitrogens with zero attached hydrogens (tertiary/aromatic N) is 4. The van der Waals surface area contributed by atoms with Crippen LogP contribution >= 0.6 is 0 Å². The van der Waals surface area contributed by atoms with Gasteiger partial charge >= 0.3 is 0 Å². The van der Waals surface area contributed by atoms with E-state index in [1.807, 2.05) is 25.2 Å². The second-order valence-electron chi connectivity index (χ2n) is 7.52. The summed E-state index contributed by atoms with van der Waals surface area (Å²) in [5.74, 6) is 0.457. The van der Waals surface area contributed by atoms with Gasteiger partial charge in [0.1, 0.15) is 0 Å². The van der Waals surface area contributed by atoms with Gasteiger partial charge in [0.15, 0.2) is 0 Å². The summed E-state index contributed by atoms with van der Waals surface area (Å²) in [7, 11) is 3.70. The molecule has 1 aromatic heterocycles. The van der Waals surface area contributed by atoms with Crippen molar-refractivity contribution in [1.82, 2.24) is 19.6 Å². The molecule has 4 rings (SSSR count). The number of likely N-dealkylation sites (N-methyl/N-ethyl adjacent to an activating group) is 1. The summed E-state index contributed by atoms with van der Waals surface area (Å²) in [5, 5.41) is 4.60. The fourth-order valence-corrected chi connectivity index (χ4v) is 4.57. The summed E-state index contributed by atoms with van der Waals surface area (Å²) in [5.41, 5.74) is 1.60. The van der Waals surface area contributed by atoms with Crippen molar-refractivity contribution in [3.05, 3.63) is 17.5 Å². The molecule has 25 heavy (non-hydrogen) atoms. The van der Waals surface area contributed by atoms with Crippen LogP contribution in [-0.4, -0.2) is 70.8 Å². The molecule has 7 heteroatoms. The van der Waals surface area contributed by atoms with Gasteiger partial charge in [-0.15, -0.1) is 0 Å². The van der Waals surface area contributed by atoms with E-state index < -0.39 is 0 Å². The summed E-state index contributed by atoms with van der Waals surface area (Å²) in [6.45, 7) is 2.82. The molecule has 1 aromatic rings. The van der Waals surface area contributed by atoms with Crippen molar-refractivity contribution in [1.29, 1.82) is 0 Å². The number of aryl methyl sites for hydroxylation is 1. The number of fused-ring (bicyclic) bond motifs is 1. The number of amides is 2. The van der Waals surface area contributed by atoms with Crippen molar-refractivity contribution < 1.29 is 14.3 Å². The first-order chi connectivity index (χ1) is 12.1. The molecule has 0 radical (unpaired) electrons. The first-order valence-electron chi connectivity index (χ1n) is 9.23. The number of carbonyl (C=O) groups is 2. The normalized spacial score (nSPS) is 27.7. The number of aromatic nitrogens is 2. The van der Waals surface area contributed by atoms with Gasteiger partial charge in [0.05, 0.1) is 23.2 Å². The van der Waals surface area contributed by atoms with Crippen molar-refractivity contribution >= 4 is 11.8 Å². The molecule has 3 aliphatic heterocycles. The second-order valence-corrected chi connectivity index (χ2v) is 7.52. The van der Waals surface area contributed by atoms with E-state index in [1.54, 1.807) is 9.58 Å². The number of likely N-dealkylation sites (tertiary alicyclic amines) is 2. The summed E-state index contributed by atoms with van der Waals surface area (Å²) < 4.78 is 7.19. The number of hydrogen-bond acceptors (Lipinski definition) is 4. The maximum Gasteiger partial charge on any atom is 0.257 e. The smallest absolute Gasteiger partial charge is 0.257 e. The van der Waals surface area contributed by atoms with E-state index in [1.165, 1.54) is 0 Å². The molecule has 4 heterocycles. The molecule has 2 amide bonds. The molecule has 0 aromatic carbocycles. The first kappa shape index (κ1) is 16.6. The van der Waals surface area contributed by atoms with Gasteiger partial charge in [-0.1, -0.05) is 0 Å². The molecule has 136 valence electrons. The molecular formula is C18H26N4O3. The van der Waals surface area contributed by atoms with Gasteiger partial charge in [0, 0.05) is 52.5 Å². The number of rotatable bonds is 2. The summed E-state index contributed by atoms with van der Waals surface area (Å²) >= 11 is 0. The van der Waals surface area contributed by atoms with Crippen LogP contribution in [0.2, 0.25) is 0 Å². The molecule has 3 fully saturated rings. The third-order valence-corrected chi connectivity index (χ3v) is 5.89. The van der Waals surface area contributed by atoms with Gasteiger partial charge in [0.2, 0.25) is 5.91 Å². The zero-order chi connectivity index (χ0) is 17.6. The van der Waals surface area contributed by atoms with Crippen LogP contribution in [-0.2, 0) is 16.6 Å². The van der Waals surface area contributed by atoms with E-state index >= 15 is 0 Å². The van der Waals surface area contributed by atoms with Crippen LogP contribution in [0.4, 0.5) is 0 Å². The lowest BCUT2D eigenvalue weighted by Crippen LogP contribution is -2.48. The highest BCUT2D eigenvalue weighted by molar-refractivity contribution is 5.96. The van der Waals surface area contributed by atoms with E-state index in [9.17, 15) is 9.59 Å². The average Bonchev–Trinajstić information content (AvgIpc) is 3.16. The van der Waals surface area contributed by atoms with Crippen molar-refractivity contribution in [2.45, 2.75) is 37.6 Å². The van der Waals surface area contributed by atoms with Gasteiger partial charge in [-0.2, -0.15) is 5.10 Å². The van der Waals surface area contributed by atoms with Gasteiger partial charge in [-0.25, -0.2) is 0 Å². The zero-order valence-electron chi connectivity index (χ0n) is 15.0. The lowest BCUT2D eigenvalue weighted by atomic mass is 9.89. The molecule has 0 aliphatic carbocycles. The van der Waals surface area contributed by atoms with Crippen molar-refractivity contribution in [2.24, 2.45) is 13.0 Å². The van der Waals surface area contributed by atoms with Crippen LogP contribution in [0, 0.1) is 5.92 Å². The molecule has 0 bridgehead atoms. The molecule has 7 nitrogen and oxygen atoms in total. The minimum atomic E-state index is -0.0362. The molecule has 2 atom stereocenters. The largest absolute Gasteiger partial charge is 0.381 e. The van der Waals surface area contributed by atoms with Gasteiger partial charge in [-0.05, 0) is 25.7 Å². The first-order valence-corrected chi connectivity index (χ1v) is 9.23. The Kier molecular flexibility index (Phi) is 4.27. The maximum absolute atomic E-state index is 13.3. The third kappa shape index (κ3) is 2.84. The molecule has 0 saturated carbocycles. The van der Waals surface area contributed by atoms with E-state index in [-0.39, 0.29) is 29.7 Å². The lowest BCUT2D eigenvalue weighted by Gasteiger charge is -2.36. The molecule has 3 aliphatic rings. The highest BCUT2D eigenvalue weighted by atomic mass is 16.5. The molecule has 3 saturated heterocycles. The summed E-state index contributed by atoms with van der Waals surface area (Å²) in [6.07, 6.45) is 5.43. The predicted octanol–water partition coefficient (Wildman–Crippen LogP) is 1.01. The van der Waals surface area contributed by atoms with Gasteiger partial charge in [-0.3, -0.25) is 14.3 Å². The van der Waals surface area contributed by atoms with Crippen LogP contribution in [0.1, 0.15) is 47.7 Å². The minimum Gasteiger partial charge on any atom is -0.381 e. The lowest BCUT2D eigenvalue weighted by molar-refractivity contribution is -0.130. The van der Waals surface area contributed by atoms with Crippen molar-refractivity contribution in [3.8, 4) is 0 Å². The Morgan fingerprint density at radius 2 is 2.00 bits per heavy atom. The number of hydrogen-bond donors (Lipinski definition) is 0. The topological polar surface area (TPSA) is 67.7 Å². The van der Waals surface area contributed by atoms with Gasteiger partial charge in [0.25, 0.3) is 5.91 Å². The average molecular weight is 346 g/mol.